The summed E-state index contributed by atoms with van der Waals surface area (Å²) >= 11 is -0.486. The monoisotopic (exact) mass is 855 g/mol. The summed E-state index contributed by atoms with van der Waals surface area (Å²) < 4.78 is 99.4. The molecule has 1 N–H and O–H groups in total. The fraction of sp³-hybridized carbons (Fsp3) is 0.324. The summed E-state index contributed by atoms with van der Waals surface area (Å²) in [6, 6.07) is 6.36. The first-order valence-electron chi connectivity index (χ1n) is 16.4. The van der Waals surface area contributed by atoms with Crippen LogP contribution in [0.25, 0.3) is 41.5 Å². The standard InChI is InChI=1S/C21H9F4N2Se.C13H24O2.Ir/c22-18-13-7-3-2-6-12(13)17(21(23,24)25)20-16(18)19(26-10-27-20)15-9-11-5-1-4-8-14(11)28-15;1-5-10(6-2)12(14)9-13(15)11(7-3)8-4;/h1-8,10H;9-11,14H,5-8H2,1-4H3;/q-1;;/b;12-9-;/i2D,3D,6D,7D,10D;;. The number of ketones is 1. The molecule has 2 aromatic heterocycles. The molecular weight excluding hydrogens is 816 g/mol. The summed E-state index contributed by atoms with van der Waals surface area (Å²) in [5.74, 6) is -0.748. The third-order valence-electron chi connectivity index (χ3n) is 7.34. The van der Waals surface area contributed by atoms with E-state index in [1.165, 1.54) is 6.08 Å². The van der Waals surface area contributed by atoms with E-state index in [1.54, 1.807) is 18.2 Å². The molecule has 5 aromatic rings. The second-order valence-corrected chi connectivity index (χ2v) is 12.1. The number of rotatable bonds is 8. The number of carbonyl (C=O) groups excluding carboxylic acids is 1. The number of alkyl halides is 3. The summed E-state index contributed by atoms with van der Waals surface area (Å²) in [4.78, 5) is 19.2. The van der Waals surface area contributed by atoms with Crippen LogP contribution < -0.4 is 0 Å². The van der Waals surface area contributed by atoms with E-state index in [-0.39, 0.29) is 49.2 Å². The molecule has 3 aromatic carbocycles. The Bertz CT molecular complexity index is 2010. The summed E-state index contributed by atoms with van der Waals surface area (Å²) in [6.45, 7) is 8.07. The molecule has 0 bridgehead atoms. The maximum atomic E-state index is 15.9. The van der Waals surface area contributed by atoms with Gasteiger partial charge in [-0.2, -0.15) is 0 Å². The van der Waals surface area contributed by atoms with Gasteiger partial charge < -0.3 is 5.11 Å². The van der Waals surface area contributed by atoms with Crippen molar-refractivity contribution in [3.8, 4) is 10.1 Å². The molecule has 0 fully saturated rings. The van der Waals surface area contributed by atoms with E-state index in [4.69, 9.17) is 6.85 Å². The van der Waals surface area contributed by atoms with Crippen LogP contribution in [0.5, 0.6) is 0 Å². The van der Waals surface area contributed by atoms with Gasteiger partial charge in [-0.15, -0.1) is 0 Å². The smallest absolute Gasteiger partial charge is 0 e. The van der Waals surface area contributed by atoms with Gasteiger partial charge in [-0.25, -0.2) is 0 Å². The number of aliphatic hydroxyl groups is 1. The van der Waals surface area contributed by atoms with Gasteiger partial charge in [0.25, 0.3) is 0 Å². The molecule has 44 heavy (non-hydrogen) atoms. The maximum Gasteiger partial charge on any atom is 0 e. The summed E-state index contributed by atoms with van der Waals surface area (Å²) in [7, 11) is 0. The van der Waals surface area contributed by atoms with Crippen molar-refractivity contribution in [1.82, 2.24) is 9.97 Å². The number of allylic oxidation sites excluding steroid dienone is 2. The Hall–Kier alpha value is -2.90. The van der Waals surface area contributed by atoms with Gasteiger partial charge in [0.1, 0.15) is 0 Å². The first-order chi connectivity index (χ1) is 22.6. The number of carbonyl (C=O) groups is 1. The maximum absolute atomic E-state index is 15.9. The third-order valence-corrected chi connectivity index (χ3v) is 9.59. The van der Waals surface area contributed by atoms with E-state index in [0.29, 0.717) is 9.82 Å². The van der Waals surface area contributed by atoms with Crippen molar-refractivity contribution >= 4 is 51.6 Å². The Morgan fingerprint density at radius 1 is 1.02 bits per heavy atom. The van der Waals surface area contributed by atoms with Crippen molar-refractivity contribution in [2.75, 3.05) is 0 Å². The number of aromatic nitrogens is 2. The third kappa shape index (κ3) is 7.48. The molecule has 0 aliphatic heterocycles. The summed E-state index contributed by atoms with van der Waals surface area (Å²) in [5.41, 5.74) is -2.69. The quantitative estimate of drug-likeness (QED) is 0.0422. The molecule has 0 saturated carbocycles. The van der Waals surface area contributed by atoms with Crippen LogP contribution in [0.15, 0.2) is 66.6 Å². The average Bonchev–Trinajstić information content (AvgIpc) is 3.47. The Labute approximate surface area is 280 Å². The topological polar surface area (TPSA) is 63.1 Å². The molecule has 235 valence electrons. The van der Waals surface area contributed by atoms with Crippen molar-refractivity contribution in [2.45, 2.75) is 59.6 Å². The van der Waals surface area contributed by atoms with Crippen LogP contribution in [0.4, 0.5) is 17.6 Å². The van der Waals surface area contributed by atoms with Gasteiger partial charge in [-0.1, -0.05) is 27.7 Å². The van der Waals surface area contributed by atoms with Crippen molar-refractivity contribution in [2.24, 2.45) is 11.8 Å². The van der Waals surface area contributed by atoms with Crippen LogP contribution in [0.1, 0.15) is 65.8 Å². The second-order valence-electron chi connectivity index (χ2n) is 9.88. The molecule has 2 heterocycles. The van der Waals surface area contributed by atoms with E-state index in [2.05, 4.69) is 16.0 Å². The molecule has 0 amide bonds. The Morgan fingerprint density at radius 2 is 1.64 bits per heavy atom. The number of benzene rings is 3. The van der Waals surface area contributed by atoms with Crippen LogP contribution in [0, 0.1) is 23.7 Å². The molecule has 0 unspecified atom stereocenters. The Kier molecular flexibility index (Phi) is 10.00. The first kappa shape index (κ1) is 28.6. The minimum absolute atomic E-state index is 0. The second kappa shape index (κ2) is 15.4. The zero-order valence-electron chi connectivity index (χ0n) is 29.4. The van der Waals surface area contributed by atoms with E-state index < -0.39 is 84.2 Å². The normalized spacial score (nSPS) is 13.7. The predicted molar refractivity (Wildman–Crippen MR) is 165 cm³/mol. The van der Waals surface area contributed by atoms with Crippen LogP contribution in [-0.4, -0.2) is 35.4 Å². The molecule has 10 heteroatoms. The van der Waals surface area contributed by atoms with Gasteiger partial charge in [0.15, 0.2) is 5.78 Å². The number of hydrogen-bond donors (Lipinski definition) is 1. The van der Waals surface area contributed by atoms with E-state index in [9.17, 15) is 23.1 Å². The van der Waals surface area contributed by atoms with Crippen molar-refractivity contribution in [1.29, 1.82) is 0 Å². The van der Waals surface area contributed by atoms with Crippen LogP contribution >= 0.6 is 0 Å². The number of halogens is 4. The SMILES string of the molecule is CCC(CC)C(=O)/C=C(\O)C(CC)CC.[2H]c1nc(-c2[c-]c3ccccc3[se]2)c2c(F)c3c([2H])c([2H])c([2H])c([2H])c3c(C(F)(F)F)c2n1.[Ir]. The molecule has 0 aliphatic carbocycles. The molecule has 0 saturated heterocycles. The number of hydrogen-bond acceptors (Lipinski definition) is 4. The number of fused-ring (bicyclic) bond motifs is 3. The number of nitrogens with zero attached hydrogens (tertiary/aromatic N) is 2. The molecule has 0 aliphatic rings. The Morgan fingerprint density at radius 3 is 2.23 bits per heavy atom. The largest absolute Gasteiger partial charge is 0 e. The van der Waals surface area contributed by atoms with Crippen LogP contribution in [0.3, 0.4) is 0 Å². The van der Waals surface area contributed by atoms with Gasteiger partial charge >= 0.3 is 169 Å². The zero-order valence-corrected chi connectivity index (χ0v) is 28.5. The molecule has 0 atom stereocenters. The fourth-order valence-electron chi connectivity index (χ4n) is 4.89. The molecule has 5 rings (SSSR count). The van der Waals surface area contributed by atoms with Gasteiger partial charge in [0.05, 0.1) is 5.76 Å². The van der Waals surface area contributed by atoms with Gasteiger partial charge in [0, 0.05) is 38.0 Å². The predicted octanol–water partition coefficient (Wildman–Crippen LogP) is 9.49. The van der Waals surface area contributed by atoms with Gasteiger partial charge in [-0.05, 0) is 25.7 Å². The molecular formula is C34H33F4IrN2O2Se-. The average molecular weight is 854 g/mol. The van der Waals surface area contributed by atoms with Crippen LogP contribution in [0.2, 0.25) is 0 Å². The van der Waals surface area contributed by atoms with Crippen molar-refractivity contribution in [3.63, 3.8) is 0 Å². The summed E-state index contributed by atoms with van der Waals surface area (Å²) in [5, 5.41) is 7.88. The Balaban J connectivity index is 0.000000347. The minimum Gasteiger partial charge on any atom is 0 e. The zero-order chi connectivity index (χ0) is 35.7. The van der Waals surface area contributed by atoms with Crippen molar-refractivity contribution < 1.29 is 54.4 Å². The van der Waals surface area contributed by atoms with Crippen molar-refractivity contribution in [3.05, 3.63) is 84.0 Å². The molecule has 4 nitrogen and oxygen atoms in total. The van der Waals surface area contributed by atoms with Gasteiger partial charge in [0.2, 0.25) is 0 Å². The fourth-order valence-corrected chi connectivity index (χ4v) is 6.99. The van der Waals surface area contributed by atoms with Crippen LogP contribution in [-0.2, 0) is 31.1 Å². The summed E-state index contributed by atoms with van der Waals surface area (Å²) in [6.07, 6.45) is -1.02. The van der Waals surface area contributed by atoms with E-state index in [0.717, 1.165) is 29.9 Å². The molecule has 1 radical (unpaired) electrons. The van der Waals surface area contributed by atoms with E-state index >= 15 is 4.39 Å². The molecule has 0 spiro atoms. The van der Waals surface area contributed by atoms with Gasteiger partial charge in [-0.3, -0.25) is 4.79 Å². The number of aliphatic hydroxyl groups excluding tert-OH is 1. The van der Waals surface area contributed by atoms with E-state index in [1.807, 2.05) is 33.8 Å². The first-order valence-corrected chi connectivity index (χ1v) is 15.6. The minimum atomic E-state index is -5.15.